The lowest BCUT2D eigenvalue weighted by molar-refractivity contribution is -0.147. The Hall–Kier alpha value is -1.18. The third-order valence-corrected chi connectivity index (χ3v) is 2.48. The fraction of sp³-hybridized carbons (Fsp3) is 0.667. The third-order valence-electron chi connectivity index (χ3n) is 2.08. The van der Waals surface area contributed by atoms with E-state index < -0.39 is 23.9 Å². The van der Waals surface area contributed by atoms with Crippen LogP contribution in [-0.2, 0) is 19.1 Å². The predicted octanol–water partition coefficient (Wildman–Crippen LogP) is 0.000680. The fourth-order valence-electron chi connectivity index (χ4n) is 1.20. The Morgan fingerprint density at radius 1 is 1.38 bits per heavy atom. The Kier molecular flexibility index (Phi) is 7.44. The van der Waals surface area contributed by atoms with Gasteiger partial charge in [0.15, 0.2) is 0 Å². The highest BCUT2D eigenvalue weighted by Gasteiger charge is 2.27. The molecule has 0 radical (unpaired) electrons. The zero-order valence-electron chi connectivity index (χ0n) is 9.23. The van der Waals surface area contributed by atoms with Crippen molar-refractivity contribution in [3.05, 3.63) is 0 Å². The molecular formula is C9H15N2O4P. The molecule has 0 rings (SSSR count). The van der Waals surface area contributed by atoms with Crippen molar-refractivity contribution in [2.75, 3.05) is 14.2 Å². The van der Waals surface area contributed by atoms with Crippen molar-refractivity contribution >= 4 is 21.3 Å². The van der Waals surface area contributed by atoms with E-state index in [0.29, 0.717) is 0 Å². The summed E-state index contributed by atoms with van der Waals surface area (Å²) in [6.45, 7) is 0. The van der Waals surface area contributed by atoms with Crippen LogP contribution in [0.5, 0.6) is 0 Å². The number of hydrogen-bond donors (Lipinski definition) is 1. The second-order valence-electron chi connectivity index (χ2n) is 3.06. The lowest BCUT2D eigenvalue weighted by Crippen LogP contribution is -2.35. The van der Waals surface area contributed by atoms with Gasteiger partial charge < -0.3 is 9.47 Å². The molecule has 0 aliphatic carbocycles. The SMILES string of the molecule is COC(=O)[C@@H](CC#N)C[C@H](NP)C(=O)OC. The number of rotatable bonds is 6. The largest absolute Gasteiger partial charge is 0.469 e. The van der Waals surface area contributed by atoms with Gasteiger partial charge in [0.1, 0.15) is 6.04 Å². The molecule has 0 aromatic rings. The van der Waals surface area contributed by atoms with Gasteiger partial charge in [-0.3, -0.25) is 14.7 Å². The van der Waals surface area contributed by atoms with Crippen LogP contribution in [-0.4, -0.2) is 32.2 Å². The number of carbonyl (C=O) groups is 2. The molecular weight excluding hydrogens is 231 g/mol. The van der Waals surface area contributed by atoms with Crippen LogP contribution in [0.1, 0.15) is 12.8 Å². The van der Waals surface area contributed by atoms with Gasteiger partial charge in [0.05, 0.1) is 26.2 Å². The second kappa shape index (κ2) is 8.03. The Morgan fingerprint density at radius 2 is 1.94 bits per heavy atom. The van der Waals surface area contributed by atoms with E-state index in [9.17, 15) is 9.59 Å². The molecule has 16 heavy (non-hydrogen) atoms. The molecule has 90 valence electrons. The highest BCUT2D eigenvalue weighted by molar-refractivity contribution is 7.13. The number of methoxy groups -OCH3 is 2. The monoisotopic (exact) mass is 246 g/mol. The van der Waals surface area contributed by atoms with Crippen molar-refractivity contribution in [3.63, 3.8) is 0 Å². The molecule has 0 amide bonds. The first kappa shape index (κ1) is 14.8. The lowest BCUT2D eigenvalue weighted by atomic mass is 9.97. The highest BCUT2D eigenvalue weighted by atomic mass is 31.0. The highest BCUT2D eigenvalue weighted by Crippen LogP contribution is 2.14. The van der Waals surface area contributed by atoms with Gasteiger partial charge in [-0.05, 0) is 6.42 Å². The van der Waals surface area contributed by atoms with Gasteiger partial charge in [-0.15, -0.1) is 0 Å². The van der Waals surface area contributed by atoms with E-state index in [-0.39, 0.29) is 12.8 Å². The van der Waals surface area contributed by atoms with E-state index in [1.54, 1.807) is 0 Å². The minimum atomic E-state index is -0.646. The van der Waals surface area contributed by atoms with Crippen LogP contribution >= 0.6 is 9.39 Å². The minimum Gasteiger partial charge on any atom is -0.469 e. The van der Waals surface area contributed by atoms with E-state index in [2.05, 4.69) is 24.0 Å². The summed E-state index contributed by atoms with van der Waals surface area (Å²) in [6.07, 6.45) is 0.170. The molecule has 0 aromatic heterocycles. The molecule has 3 atom stereocenters. The summed E-state index contributed by atoms with van der Waals surface area (Å²) in [5.74, 6) is -1.62. The first-order valence-corrected chi connectivity index (χ1v) is 5.17. The summed E-state index contributed by atoms with van der Waals surface area (Å²) < 4.78 is 9.09. The standard InChI is InChI=1S/C9H15N2O4P/c1-14-8(12)6(3-4-10)5-7(11-16)9(13)15-2/h6-7,11H,3,5,16H2,1-2H3/t6-,7-/m0/s1. The van der Waals surface area contributed by atoms with E-state index in [1.165, 1.54) is 14.2 Å². The number of nitriles is 1. The van der Waals surface area contributed by atoms with Crippen molar-refractivity contribution in [1.29, 1.82) is 5.26 Å². The molecule has 1 N–H and O–H groups in total. The number of hydrogen-bond acceptors (Lipinski definition) is 6. The molecule has 0 saturated heterocycles. The first-order valence-electron chi connectivity index (χ1n) is 4.59. The molecule has 0 heterocycles. The van der Waals surface area contributed by atoms with Crippen molar-refractivity contribution < 1.29 is 19.1 Å². The first-order chi connectivity index (χ1) is 7.60. The quantitative estimate of drug-likeness (QED) is 0.524. The molecule has 7 heteroatoms. The van der Waals surface area contributed by atoms with Crippen LogP contribution in [0.4, 0.5) is 0 Å². The van der Waals surface area contributed by atoms with E-state index >= 15 is 0 Å². The number of nitrogens with zero attached hydrogens (tertiary/aromatic N) is 1. The van der Waals surface area contributed by atoms with Gasteiger partial charge in [-0.1, -0.05) is 9.39 Å². The lowest BCUT2D eigenvalue weighted by Gasteiger charge is -2.17. The number of nitrogens with one attached hydrogen (secondary N) is 1. The second-order valence-corrected chi connectivity index (χ2v) is 3.39. The topological polar surface area (TPSA) is 88.4 Å². The van der Waals surface area contributed by atoms with Crippen molar-refractivity contribution in [2.45, 2.75) is 18.9 Å². The maximum atomic E-state index is 11.3. The van der Waals surface area contributed by atoms with E-state index in [0.717, 1.165) is 0 Å². The molecule has 0 spiro atoms. The molecule has 6 nitrogen and oxygen atoms in total. The van der Waals surface area contributed by atoms with Crippen LogP contribution in [0.3, 0.4) is 0 Å². The van der Waals surface area contributed by atoms with Crippen LogP contribution < -0.4 is 5.09 Å². The molecule has 0 aliphatic heterocycles. The van der Waals surface area contributed by atoms with Crippen LogP contribution in [0.15, 0.2) is 0 Å². The summed E-state index contributed by atoms with van der Waals surface area (Å²) in [7, 11) is 4.68. The van der Waals surface area contributed by atoms with Gasteiger partial charge in [0.2, 0.25) is 0 Å². The Morgan fingerprint density at radius 3 is 2.31 bits per heavy atom. The molecule has 0 aliphatic rings. The van der Waals surface area contributed by atoms with Crippen LogP contribution in [0.2, 0.25) is 0 Å². The summed E-state index contributed by atoms with van der Waals surface area (Å²) in [6, 6.07) is 1.24. The Balaban J connectivity index is 4.53. The summed E-state index contributed by atoms with van der Waals surface area (Å²) >= 11 is 0. The summed E-state index contributed by atoms with van der Waals surface area (Å²) in [5, 5.41) is 11.2. The van der Waals surface area contributed by atoms with Crippen LogP contribution in [0, 0.1) is 17.2 Å². The number of carbonyl (C=O) groups excluding carboxylic acids is 2. The van der Waals surface area contributed by atoms with Gasteiger partial charge in [-0.2, -0.15) is 5.26 Å². The van der Waals surface area contributed by atoms with Crippen molar-refractivity contribution in [3.8, 4) is 6.07 Å². The van der Waals surface area contributed by atoms with E-state index in [4.69, 9.17) is 5.26 Å². The van der Waals surface area contributed by atoms with Gasteiger partial charge in [-0.25, -0.2) is 0 Å². The number of ether oxygens (including phenoxy) is 2. The smallest absolute Gasteiger partial charge is 0.323 e. The van der Waals surface area contributed by atoms with Crippen molar-refractivity contribution in [2.24, 2.45) is 5.92 Å². The van der Waals surface area contributed by atoms with Crippen molar-refractivity contribution in [1.82, 2.24) is 5.09 Å². The van der Waals surface area contributed by atoms with Gasteiger partial charge in [0.25, 0.3) is 0 Å². The summed E-state index contributed by atoms with van der Waals surface area (Å²) in [4.78, 5) is 22.6. The Labute approximate surface area is 96.5 Å². The van der Waals surface area contributed by atoms with E-state index in [1.807, 2.05) is 6.07 Å². The molecule has 0 saturated carbocycles. The summed E-state index contributed by atoms with van der Waals surface area (Å²) in [5.41, 5.74) is 0. The van der Waals surface area contributed by atoms with Gasteiger partial charge >= 0.3 is 11.9 Å². The molecule has 1 unspecified atom stereocenters. The zero-order chi connectivity index (χ0) is 12.6. The fourth-order valence-corrected chi connectivity index (χ4v) is 1.47. The average molecular weight is 246 g/mol. The zero-order valence-corrected chi connectivity index (χ0v) is 10.4. The predicted molar refractivity (Wildman–Crippen MR) is 59.0 cm³/mol. The number of esters is 2. The molecule has 0 bridgehead atoms. The minimum absolute atomic E-state index is 0.00646. The third kappa shape index (κ3) is 4.56. The van der Waals surface area contributed by atoms with Crippen LogP contribution in [0.25, 0.3) is 0 Å². The average Bonchev–Trinajstić information content (AvgIpc) is 2.32. The Bertz CT molecular complexity index is 290. The molecule has 0 fully saturated rings. The maximum Gasteiger partial charge on any atom is 0.323 e. The van der Waals surface area contributed by atoms with Gasteiger partial charge in [0, 0.05) is 6.42 Å². The molecule has 0 aromatic carbocycles. The maximum absolute atomic E-state index is 11.3. The normalized spacial score (nSPS) is 13.4.